The standard InChI is InChI=1S/C16H23NO2.C14H22O5S/c1-2-3-4-6-15(18)13-8-10-14(11-9-13)17-12-5-7-16(17)19;1-2-3-12-4-5-13(20-12)14(18)19-9-11(17)8-10(16)6-7-15/h8-11,15,18H,2-7,12H2,1H3;4-5,10-11,15-17H,2-3,6-9H2,1H3/t15-;/m0./s1. The molecule has 218 valence electrons. The van der Waals surface area contributed by atoms with Gasteiger partial charge in [-0.2, -0.15) is 0 Å². The number of unbranched alkanes of at least 4 members (excludes halogenated alkanes) is 2. The van der Waals surface area contributed by atoms with Gasteiger partial charge in [0.05, 0.1) is 18.3 Å². The minimum absolute atomic E-state index is 0.0827. The van der Waals surface area contributed by atoms with Crippen molar-refractivity contribution in [3.05, 3.63) is 51.7 Å². The highest BCUT2D eigenvalue weighted by Crippen LogP contribution is 2.25. The summed E-state index contributed by atoms with van der Waals surface area (Å²) in [6.45, 7) is 4.77. The summed E-state index contributed by atoms with van der Waals surface area (Å²) in [6, 6.07) is 11.4. The van der Waals surface area contributed by atoms with Gasteiger partial charge in [0.2, 0.25) is 5.91 Å². The molecule has 0 bridgehead atoms. The van der Waals surface area contributed by atoms with Crippen LogP contribution in [-0.4, -0.2) is 64.3 Å². The second-order valence-electron chi connectivity index (χ2n) is 9.92. The third-order valence-electron chi connectivity index (χ3n) is 6.52. The largest absolute Gasteiger partial charge is 0.459 e. The van der Waals surface area contributed by atoms with Crippen LogP contribution in [0.3, 0.4) is 0 Å². The Balaban J connectivity index is 0.000000274. The number of ether oxygens (including phenoxy) is 1. The van der Waals surface area contributed by atoms with E-state index in [1.807, 2.05) is 35.2 Å². The van der Waals surface area contributed by atoms with Crippen molar-refractivity contribution < 1.29 is 34.8 Å². The van der Waals surface area contributed by atoms with Crippen LogP contribution in [0.5, 0.6) is 0 Å². The summed E-state index contributed by atoms with van der Waals surface area (Å²) in [5.41, 5.74) is 1.90. The monoisotopic (exact) mass is 563 g/mol. The van der Waals surface area contributed by atoms with Gasteiger partial charge in [-0.15, -0.1) is 11.3 Å². The molecule has 2 heterocycles. The molecule has 1 aromatic heterocycles. The van der Waals surface area contributed by atoms with E-state index in [9.17, 15) is 24.9 Å². The molecule has 1 fully saturated rings. The summed E-state index contributed by atoms with van der Waals surface area (Å²) < 4.78 is 5.01. The average molecular weight is 564 g/mol. The van der Waals surface area contributed by atoms with Crippen LogP contribution in [0.2, 0.25) is 0 Å². The first-order chi connectivity index (χ1) is 18.8. The number of anilines is 1. The van der Waals surface area contributed by atoms with E-state index < -0.39 is 18.2 Å². The summed E-state index contributed by atoms with van der Waals surface area (Å²) in [4.78, 5) is 26.9. The first-order valence-electron chi connectivity index (χ1n) is 14.1. The zero-order chi connectivity index (χ0) is 28.6. The maximum absolute atomic E-state index is 11.8. The summed E-state index contributed by atoms with van der Waals surface area (Å²) in [7, 11) is 0. The molecular formula is C30H45NO7S. The quantitative estimate of drug-likeness (QED) is 0.181. The van der Waals surface area contributed by atoms with Crippen molar-refractivity contribution in [2.45, 2.75) is 96.4 Å². The summed E-state index contributed by atoms with van der Waals surface area (Å²) in [5, 5.41) is 37.7. The van der Waals surface area contributed by atoms with E-state index in [1.165, 1.54) is 17.8 Å². The zero-order valence-electron chi connectivity index (χ0n) is 23.3. The predicted octanol–water partition coefficient (Wildman–Crippen LogP) is 4.78. The molecule has 2 unspecified atom stereocenters. The van der Waals surface area contributed by atoms with Gasteiger partial charge in [-0.1, -0.05) is 51.7 Å². The number of thiophene rings is 1. The summed E-state index contributed by atoms with van der Waals surface area (Å²) in [6.07, 6.45) is 5.97. The number of esters is 1. The average Bonchev–Trinajstić information content (AvgIpc) is 3.57. The van der Waals surface area contributed by atoms with Crippen LogP contribution in [0.15, 0.2) is 36.4 Å². The van der Waals surface area contributed by atoms with Crippen molar-refractivity contribution in [2.75, 3.05) is 24.7 Å². The van der Waals surface area contributed by atoms with Crippen LogP contribution in [0.1, 0.15) is 97.9 Å². The topological polar surface area (TPSA) is 128 Å². The van der Waals surface area contributed by atoms with Gasteiger partial charge in [0.1, 0.15) is 11.5 Å². The Labute approximate surface area is 236 Å². The molecule has 9 heteroatoms. The van der Waals surface area contributed by atoms with Crippen molar-refractivity contribution in [2.24, 2.45) is 0 Å². The van der Waals surface area contributed by atoms with Gasteiger partial charge in [-0.05, 0) is 55.5 Å². The number of aliphatic hydroxyl groups excluding tert-OH is 4. The number of benzene rings is 1. The second-order valence-corrected chi connectivity index (χ2v) is 11.1. The molecule has 1 aliphatic rings. The number of rotatable bonds is 15. The molecule has 1 amide bonds. The van der Waals surface area contributed by atoms with Crippen LogP contribution < -0.4 is 4.90 Å². The van der Waals surface area contributed by atoms with Gasteiger partial charge in [0, 0.05) is 36.6 Å². The predicted molar refractivity (Wildman–Crippen MR) is 154 cm³/mol. The number of amides is 1. The first kappa shape index (κ1) is 32.9. The lowest BCUT2D eigenvalue weighted by Gasteiger charge is -2.17. The fourth-order valence-corrected chi connectivity index (χ4v) is 5.32. The van der Waals surface area contributed by atoms with Crippen molar-refractivity contribution in [1.82, 2.24) is 0 Å². The Morgan fingerprint density at radius 3 is 2.36 bits per heavy atom. The molecule has 0 aliphatic carbocycles. The molecule has 0 spiro atoms. The Morgan fingerprint density at radius 2 is 1.74 bits per heavy atom. The number of hydrogen-bond donors (Lipinski definition) is 4. The highest BCUT2D eigenvalue weighted by atomic mass is 32.1. The van der Waals surface area contributed by atoms with Gasteiger partial charge in [0.25, 0.3) is 0 Å². The Hall–Kier alpha value is -2.30. The first-order valence-corrected chi connectivity index (χ1v) is 14.9. The number of aliphatic hydroxyl groups is 4. The van der Waals surface area contributed by atoms with Crippen molar-refractivity contribution in [3.63, 3.8) is 0 Å². The van der Waals surface area contributed by atoms with E-state index in [1.54, 1.807) is 6.07 Å². The molecule has 0 radical (unpaired) electrons. The molecule has 39 heavy (non-hydrogen) atoms. The Bertz CT molecular complexity index is 978. The van der Waals surface area contributed by atoms with Gasteiger partial charge in [-0.25, -0.2) is 4.79 Å². The van der Waals surface area contributed by atoms with Crippen molar-refractivity contribution in [1.29, 1.82) is 0 Å². The molecule has 1 aromatic carbocycles. The van der Waals surface area contributed by atoms with Crippen LogP contribution in [0.25, 0.3) is 0 Å². The summed E-state index contributed by atoms with van der Waals surface area (Å²) in [5.74, 6) is -0.246. The lowest BCUT2D eigenvalue weighted by atomic mass is 10.0. The van der Waals surface area contributed by atoms with E-state index in [0.717, 1.165) is 61.2 Å². The normalized spacial score (nSPS) is 15.4. The zero-order valence-corrected chi connectivity index (χ0v) is 24.1. The number of hydrogen-bond acceptors (Lipinski definition) is 8. The smallest absolute Gasteiger partial charge is 0.348 e. The molecule has 4 N–H and O–H groups in total. The fourth-order valence-electron chi connectivity index (χ4n) is 4.31. The molecule has 1 aliphatic heterocycles. The molecule has 8 nitrogen and oxygen atoms in total. The molecule has 3 rings (SSSR count). The highest BCUT2D eigenvalue weighted by molar-refractivity contribution is 7.13. The van der Waals surface area contributed by atoms with Crippen LogP contribution in [0.4, 0.5) is 5.69 Å². The van der Waals surface area contributed by atoms with Gasteiger partial charge < -0.3 is 30.1 Å². The summed E-state index contributed by atoms with van der Waals surface area (Å²) >= 11 is 1.40. The van der Waals surface area contributed by atoms with E-state index in [0.29, 0.717) is 11.3 Å². The SMILES string of the molecule is CCCCC[C@H](O)c1ccc(N2CCCC2=O)cc1.CCCc1ccc(C(=O)OCC(O)CC(O)CCO)s1. The molecule has 3 atom stereocenters. The van der Waals surface area contributed by atoms with Gasteiger partial charge in [0.15, 0.2) is 0 Å². The Kier molecular flexibility index (Phi) is 15.3. The second kappa shape index (κ2) is 18.1. The number of carbonyl (C=O) groups excluding carboxylic acids is 2. The minimum Gasteiger partial charge on any atom is -0.459 e. The lowest BCUT2D eigenvalue weighted by Crippen LogP contribution is -2.24. The molecular weight excluding hydrogens is 518 g/mol. The van der Waals surface area contributed by atoms with Crippen LogP contribution >= 0.6 is 11.3 Å². The molecule has 0 saturated carbocycles. The van der Waals surface area contributed by atoms with E-state index in [2.05, 4.69) is 13.8 Å². The van der Waals surface area contributed by atoms with Crippen LogP contribution in [-0.2, 0) is 16.0 Å². The lowest BCUT2D eigenvalue weighted by molar-refractivity contribution is -0.117. The van der Waals surface area contributed by atoms with Crippen molar-refractivity contribution in [3.8, 4) is 0 Å². The molecule has 2 aromatic rings. The third-order valence-corrected chi connectivity index (χ3v) is 7.64. The number of aryl methyl sites for hydroxylation is 1. The Morgan fingerprint density at radius 1 is 1.00 bits per heavy atom. The number of nitrogens with zero attached hydrogens (tertiary/aromatic N) is 1. The van der Waals surface area contributed by atoms with Crippen LogP contribution in [0, 0.1) is 0 Å². The minimum atomic E-state index is -0.921. The van der Waals surface area contributed by atoms with E-state index in [-0.39, 0.29) is 38.1 Å². The maximum Gasteiger partial charge on any atom is 0.348 e. The third kappa shape index (κ3) is 11.8. The van der Waals surface area contributed by atoms with E-state index in [4.69, 9.17) is 9.84 Å². The van der Waals surface area contributed by atoms with Gasteiger partial charge in [-0.3, -0.25) is 4.79 Å². The maximum atomic E-state index is 11.8. The number of carbonyl (C=O) groups is 2. The highest BCUT2D eigenvalue weighted by Gasteiger charge is 2.21. The van der Waals surface area contributed by atoms with Gasteiger partial charge >= 0.3 is 5.97 Å². The molecule has 1 saturated heterocycles. The van der Waals surface area contributed by atoms with Crippen molar-refractivity contribution >= 4 is 28.9 Å². The fraction of sp³-hybridized carbons (Fsp3) is 0.600. The van der Waals surface area contributed by atoms with E-state index >= 15 is 0 Å².